The molecule has 1 aromatic rings. The molecule has 146 valence electrons. The van der Waals surface area contributed by atoms with Crippen molar-refractivity contribution in [2.75, 3.05) is 24.5 Å². The Labute approximate surface area is 163 Å². The average molecular weight is 380 g/mol. The van der Waals surface area contributed by atoms with Crippen LogP contribution in [-0.4, -0.2) is 47.2 Å². The second-order valence-corrected chi connectivity index (χ2v) is 8.26. The smallest absolute Gasteiger partial charge is 0.240 e. The van der Waals surface area contributed by atoms with Crippen LogP contribution in [0.3, 0.4) is 0 Å². The van der Waals surface area contributed by atoms with Gasteiger partial charge in [0.15, 0.2) is 0 Å². The van der Waals surface area contributed by atoms with Crippen molar-refractivity contribution in [1.29, 1.82) is 0 Å². The van der Waals surface area contributed by atoms with E-state index in [9.17, 15) is 14.4 Å². The monoisotopic (exact) mass is 380 g/mol. The molecule has 2 aliphatic carbocycles. The zero-order chi connectivity index (χ0) is 19.3. The summed E-state index contributed by atoms with van der Waals surface area (Å²) in [5.41, 5.74) is 0.898. The highest BCUT2D eigenvalue weighted by atomic mass is 16.2. The topological polar surface area (TPSA) is 82.6 Å². The summed E-state index contributed by atoms with van der Waals surface area (Å²) in [5, 5.41) is 2.81. The number of carbonyl (C=O) groups excluding carboxylic acids is 3. The van der Waals surface area contributed by atoms with E-state index in [0.29, 0.717) is 6.54 Å². The zero-order valence-corrected chi connectivity index (χ0v) is 15.7. The summed E-state index contributed by atoms with van der Waals surface area (Å²) >= 11 is 0. The van der Waals surface area contributed by atoms with Gasteiger partial charge in [-0.3, -0.25) is 19.3 Å². The van der Waals surface area contributed by atoms with E-state index in [1.165, 1.54) is 12.8 Å². The van der Waals surface area contributed by atoms with E-state index < -0.39 is 0 Å². The number of aromatic nitrogens is 1. The highest BCUT2D eigenvalue weighted by molar-refractivity contribution is 6.08. The number of carbonyl (C=O) groups is 3. The molecule has 4 atom stereocenters. The molecule has 1 N–H and O–H groups in total. The predicted molar refractivity (Wildman–Crippen MR) is 102 cm³/mol. The fraction of sp³-hybridized carbons (Fsp3) is 0.524. The lowest BCUT2D eigenvalue weighted by molar-refractivity contribution is -0.144. The summed E-state index contributed by atoms with van der Waals surface area (Å²) in [7, 11) is 0. The molecule has 7 heteroatoms. The molecular weight excluding hydrogens is 356 g/mol. The van der Waals surface area contributed by atoms with Crippen LogP contribution in [0.1, 0.15) is 24.8 Å². The third kappa shape index (κ3) is 2.80. The molecule has 3 amide bonds. The maximum Gasteiger partial charge on any atom is 0.240 e. The van der Waals surface area contributed by atoms with Crippen LogP contribution in [0, 0.1) is 23.7 Å². The Kier molecular flexibility index (Phi) is 4.18. The maximum atomic E-state index is 12.6. The van der Waals surface area contributed by atoms with Crippen molar-refractivity contribution >= 4 is 23.5 Å². The Morgan fingerprint density at radius 2 is 1.75 bits per heavy atom. The Morgan fingerprint density at radius 1 is 1.07 bits per heavy atom. The number of rotatable bonds is 5. The van der Waals surface area contributed by atoms with Crippen molar-refractivity contribution in [2.45, 2.75) is 25.8 Å². The first-order valence-electron chi connectivity index (χ1n) is 10.1. The quantitative estimate of drug-likeness (QED) is 0.611. The van der Waals surface area contributed by atoms with Gasteiger partial charge in [0, 0.05) is 25.8 Å². The largest absolute Gasteiger partial charge is 0.357 e. The molecule has 7 nitrogen and oxygen atoms in total. The van der Waals surface area contributed by atoms with Crippen LogP contribution in [-0.2, 0) is 20.9 Å². The number of hydrogen-bond donors (Lipinski definition) is 1. The third-order valence-electron chi connectivity index (χ3n) is 6.59. The number of nitrogens with zero attached hydrogens (tertiary/aromatic N) is 3. The summed E-state index contributed by atoms with van der Waals surface area (Å²) in [6.45, 7) is 2.23. The highest BCUT2D eigenvalue weighted by Gasteiger charge is 2.59. The molecule has 4 aliphatic rings. The van der Waals surface area contributed by atoms with E-state index in [0.717, 1.165) is 35.8 Å². The SMILES string of the molecule is O=C(CN1C(=O)[C@@H]2[C@@H](C1=O)[C@H]1C=C[C@H]2C1)NCc1ccc(N2CCCC2)nc1. The first-order chi connectivity index (χ1) is 13.6. The number of amides is 3. The van der Waals surface area contributed by atoms with Gasteiger partial charge < -0.3 is 10.2 Å². The molecule has 2 aliphatic heterocycles. The minimum absolute atomic E-state index is 0.166. The van der Waals surface area contributed by atoms with Crippen molar-refractivity contribution in [3.63, 3.8) is 0 Å². The van der Waals surface area contributed by atoms with Crippen molar-refractivity contribution in [3.8, 4) is 0 Å². The molecular formula is C21H24N4O3. The number of hydrogen-bond acceptors (Lipinski definition) is 5. The molecule has 3 heterocycles. The Balaban J connectivity index is 1.16. The summed E-state index contributed by atoms with van der Waals surface area (Å²) in [5.74, 6) is 0.119. The van der Waals surface area contributed by atoms with E-state index in [1.54, 1.807) is 6.20 Å². The van der Waals surface area contributed by atoms with Crippen LogP contribution in [0.4, 0.5) is 5.82 Å². The van der Waals surface area contributed by atoms with Crippen LogP contribution in [0.25, 0.3) is 0 Å². The number of anilines is 1. The van der Waals surface area contributed by atoms with E-state index in [-0.39, 0.29) is 47.9 Å². The second-order valence-electron chi connectivity index (χ2n) is 8.26. The number of imide groups is 1. The van der Waals surface area contributed by atoms with Gasteiger partial charge in [0.1, 0.15) is 12.4 Å². The molecule has 2 saturated heterocycles. The van der Waals surface area contributed by atoms with Gasteiger partial charge in [-0.1, -0.05) is 18.2 Å². The molecule has 0 unspecified atom stereocenters. The Bertz CT molecular complexity index is 814. The fourth-order valence-corrected chi connectivity index (χ4v) is 5.17. The van der Waals surface area contributed by atoms with Gasteiger partial charge in [-0.2, -0.15) is 0 Å². The molecule has 2 bridgehead atoms. The fourth-order valence-electron chi connectivity index (χ4n) is 5.17. The number of pyridine rings is 1. The van der Waals surface area contributed by atoms with E-state index in [4.69, 9.17) is 0 Å². The van der Waals surface area contributed by atoms with E-state index in [1.807, 2.05) is 12.1 Å². The standard InChI is InChI=1S/C21H24N4O3/c26-17(23-11-13-3-6-16(22-10-13)24-7-1-2-8-24)12-25-20(27)18-14-4-5-15(9-14)19(18)21(25)28/h3-6,10,14-15,18-19H,1-2,7-9,11-12H2,(H,23,26)/t14-,15-,18-,19-/m0/s1. The van der Waals surface area contributed by atoms with Crippen LogP contribution >= 0.6 is 0 Å². The Morgan fingerprint density at radius 3 is 2.36 bits per heavy atom. The van der Waals surface area contributed by atoms with Crippen LogP contribution in [0.5, 0.6) is 0 Å². The van der Waals surface area contributed by atoms with Crippen molar-refractivity contribution in [2.24, 2.45) is 23.7 Å². The summed E-state index contributed by atoms with van der Waals surface area (Å²) in [6.07, 6.45) is 9.18. The van der Waals surface area contributed by atoms with Gasteiger partial charge in [-0.25, -0.2) is 4.98 Å². The summed E-state index contributed by atoms with van der Waals surface area (Å²) < 4.78 is 0. The zero-order valence-electron chi connectivity index (χ0n) is 15.7. The highest BCUT2D eigenvalue weighted by Crippen LogP contribution is 2.52. The van der Waals surface area contributed by atoms with Gasteiger partial charge >= 0.3 is 0 Å². The number of likely N-dealkylation sites (tertiary alicyclic amines) is 1. The van der Waals surface area contributed by atoms with Gasteiger partial charge in [0.25, 0.3) is 0 Å². The average Bonchev–Trinajstić information content (AvgIpc) is 3.49. The van der Waals surface area contributed by atoms with Crippen LogP contribution < -0.4 is 10.2 Å². The second kappa shape index (κ2) is 6.72. The minimum atomic E-state index is -0.314. The third-order valence-corrected chi connectivity index (χ3v) is 6.59. The normalized spacial score (nSPS) is 30.4. The van der Waals surface area contributed by atoms with E-state index >= 15 is 0 Å². The summed E-state index contributed by atoms with van der Waals surface area (Å²) in [6, 6.07) is 3.94. The lowest BCUT2D eigenvalue weighted by Crippen LogP contribution is -2.41. The molecule has 5 rings (SSSR count). The van der Waals surface area contributed by atoms with Gasteiger partial charge in [0.2, 0.25) is 17.7 Å². The van der Waals surface area contributed by atoms with Crippen molar-refractivity contribution in [1.82, 2.24) is 15.2 Å². The number of allylic oxidation sites excluding steroid dienone is 2. The van der Waals surface area contributed by atoms with E-state index in [2.05, 4.69) is 27.4 Å². The number of fused-ring (bicyclic) bond motifs is 5. The van der Waals surface area contributed by atoms with Crippen molar-refractivity contribution < 1.29 is 14.4 Å². The molecule has 3 fully saturated rings. The van der Waals surface area contributed by atoms with Gasteiger partial charge in [-0.05, 0) is 42.7 Å². The molecule has 0 radical (unpaired) electrons. The first kappa shape index (κ1) is 17.4. The van der Waals surface area contributed by atoms with Gasteiger partial charge in [0.05, 0.1) is 11.8 Å². The molecule has 1 aromatic heterocycles. The maximum absolute atomic E-state index is 12.6. The predicted octanol–water partition coefficient (Wildman–Crippen LogP) is 1.11. The molecule has 28 heavy (non-hydrogen) atoms. The lowest BCUT2D eigenvalue weighted by atomic mass is 9.85. The first-order valence-corrected chi connectivity index (χ1v) is 10.1. The lowest BCUT2D eigenvalue weighted by Gasteiger charge is -2.17. The summed E-state index contributed by atoms with van der Waals surface area (Å²) in [4.78, 5) is 45.5. The molecule has 0 aromatic carbocycles. The Hall–Kier alpha value is -2.70. The van der Waals surface area contributed by atoms with Crippen LogP contribution in [0.15, 0.2) is 30.5 Å². The molecule has 1 saturated carbocycles. The number of nitrogens with one attached hydrogen (secondary N) is 1. The van der Waals surface area contributed by atoms with Crippen molar-refractivity contribution in [3.05, 3.63) is 36.0 Å². The van der Waals surface area contributed by atoms with Gasteiger partial charge in [-0.15, -0.1) is 0 Å². The molecule has 0 spiro atoms. The minimum Gasteiger partial charge on any atom is -0.357 e. The van der Waals surface area contributed by atoms with Crippen LogP contribution in [0.2, 0.25) is 0 Å².